The molecular weight excluding hydrogens is 276 g/mol. The number of benzene rings is 2. The fourth-order valence-electron chi connectivity index (χ4n) is 2.42. The molecule has 2 rings (SSSR count). The summed E-state index contributed by atoms with van der Waals surface area (Å²) in [5.41, 5.74) is 2.95. The van der Waals surface area contributed by atoms with Gasteiger partial charge in [0.05, 0.1) is 6.04 Å². The van der Waals surface area contributed by atoms with E-state index in [0.29, 0.717) is 17.7 Å². The van der Waals surface area contributed by atoms with Gasteiger partial charge in [-0.15, -0.1) is 0 Å². The van der Waals surface area contributed by atoms with Gasteiger partial charge in [-0.25, -0.2) is 0 Å². The van der Waals surface area contributed by atoms with Gasteiger partial charge in [0.25, 0.3) is 0 Å². The summed E-state index contributed by atoms with van der Waals surface area (Å²) in [5, 5.41) is 21.1. The molecule has 114 valence electrons. The maximum atomic E-state index is 11.4. The Balaban J connectivity index is 2.25. The Hall–Kier alpha value is -2.62. The van der Waals surface area contributed by atoms with Gasteiger partial charge < -0.3 is 15.8 Å². The summed E-state index contributed by atoms with van der Waals surface area (Å²) in [7, 11) is 0. The average Bonchev–Trinajstić information content (AvgIpc) is 2.46. The molecule has 4 nitrogen and oxygen atoms in total. The Labute approximate surface area is 130 Å². The second kappa shape index (κ2) is 6.89. The molecule has 0 spiro atoms. The zero-order chi connectivity index (χ0) is 16.1. The summed E-state index contributed by atoms with van der Waals surface area (Å²) in [5.74, 6) is -0.0661. The summed E-state index contributed by atoms with van der Waals surface area (Å²) in [6, 6.07) is 14.2. The number of amides is 1. The van der Waals surface area contributed by atoms with Gasteiger partial charge in [0.15, 0.2) is 0 Å². The van der Waals surface area contributed by atoms with Crippen LogP contribution in [0.3, 0.4) is 0 Å². The molecule has 22 heavy (non-hydrogen) atoms. The molecule has 0 aliphatic rings. The highest BCUT2D eigenvalue weighted by Gasteiger charge is 2.18. The van der Waals surface area contributed by atoms with Crippen molar-refractivity contribution in [1.82, 2.24) is 5.32 Å². The van der Waals surface area contributed by atoms with Gasteiger partial charge in [0, 0.05) is 24.6 Å². The van der Waals surface area contributed by atoms with E-state index in [1.807, 2.05) is 31.2 Å². The molecule has 0 bridgehead atoms. The predicted octanol–water partition coefficient (Wildman–Crippen LogP) is 3.34. The zero-order valence-corrected chi connectivity index (χ0v) is 12.8. The Bertz CT molecular complexity index is 695. The molecule has 0 aliphatic heterocycles. The van der Waals surface area contributed by atoms with E-state index in [1.54, 1.807) is 24.3 Å². The van der Waals surface area contributed by atoms with Crippen molar-refractivity contribution in [3.8, 4) is 5.75 Å². The first-order valence-corrected chi connectivity index (χ1v) is 7.17. The van der Waals surface area contributed by atoms with Crippen molar-refractivity contribution in [2.45, 2.75) is 26.3 Å². The van der Waals surface area contributed by atoms with Crippen LogP contribution in [-0.2, 0) is 4.79 Å². The summed E-state index contributed by atoms with van der Waals surface area (Å²) in [6.45, 7) is 3.41. The van der Waals surface area contributed by atoms with Crippen LogP contribution in [0.5, 0.6) is 5.75 Å². The molecule has 1 amide bonds. The molecule has 4 heteroatoms. The van der Waals surface area contributed by atoms with E-state index in [0.717, 1.165) is 11.1 Å². The van der Waals surface area contributed by atoms with Crippen molar-refractivity contribution in [2.24, 2.45) is 0 Å². The second-order valence-corrected chi connectivity index (χ2v) is 5.36. The van der Waals surface area contributed by atoms with Crippen LogP contribution in [0.15, 0.2) is 48.5 Å². The number of hydrogen-bond acceptors (Lipinski definition) is 3. The lowest BCUT2D eigenvalue weighted by Crippen LogP contribution is -2.28. The molecule has 0 fully saturated rings. The number of carbonyl (C=O) groups excluding carboxylic acids is 1. The quantitative estimate of drug-likeness (QED) is 0.740. The van der Waals surface area contributed by atoms with E-state index >= 15 is 0 Å². The van der Waals surface area contributed by atoms with Crippen LogP contribution in [0.4, 0.5) is 0 Å². The minimum absolute atomic E-state index is 0.123. The van der Waals surface area contributed by atoms with Crippen molar-refractivity contribution >= 4 is 11.6 Å². The number of carbonyl (C=O) groups is 1. The maximum Gasteiger partial charge on any atom is 0.217 e. The molecule has 1 atom stereocenters. The van der Waals surface area contributed by atoms with E-state index in [4.69, 9.17) is 5.41 Å². The molecular formula is C18H20N2O2. The Morgan fingerprint density at radius 2 is 1.95 bits per heavy atom. The van der Waals surface area contributed by atoms with Crippen molar-refractivity contribution < 1.29 is 9.90 Å². The Kier molecular flexibility index (Phi) is 4.94. The number of phenols is 1. The van der Waals surface area contributed by atoms with Crippen LogP contribution >= 0.6 is 0 Å². The molecule has 0 radical (unpaired) electrons. The van der Waals surface area contributed by atoms with E-state index < -0.39 is 6.04 Å². The molecule has 2 aromatic carbocycles. The molecule has 2 aromatic rings. The number of nitrogens with one attached hydrogen (secondary N) is 2. The largest absolute Gasteiger partial charge is 0.508 e. The topological polar surface area (TPSA) is 73.2 Å². The second-order valence-electron chi connectivity index (χ2n) is 5.36. The highest BCUT2D eigenvalue weighted by Crippen LogP contribution is 2.27. The van der Waals surface area contributed by atoms with Gasteiger partial charge in [-0.2, -0.15) is 0 Å². The number of para-hydroxylation sites is 1. The number of aryl methyl sites for hydroxylation is 1. The first kappa shape index (κ1) is 15.8. The third kappa shape index (κ3) is 3.95. The third-order valence-electron chi connectivity index (χ3n) is 3.46. The predicted molar refractivity (Wildman–Crippen MR) is 87.3 cm³/mol. The normalized spacial score (nSPS) is 11.7. The highest BCUT2D eigenvalue weighted by molar-refractivity contribution is 5.99. The lowest BCUT2D eigenvalue weighted by molar-refractivity contribution is -0.119. The zero-order valence-electron chi connectivity index (χ0n) is 12.8. The lowest BCUT2D eigenvalue weighted by Gasteiger charge is -2.20. The Morgan fingerprint density at radius 1 is 1.23 bits per heavy atom. The molecule has 0 saturated carbocycles. The van der Waals surface area contributed by atoms with Crippen molar-refractivity contribution in [3.63, 3.8) is 0 Å². The average molecular weight is 296 g/mol. The highest BCUT2D eigenvalue weighted by atomic mass is 16.3. The van der Waals surface area contributed by atoms with Crippen LogP contribution in [0, 0.1) is 12.3 Å². The summed E-state index contributed by atoms with van der Waals surface area (Å²) in [6.07, 6.45) is 0.320. The molecule has 1 unspecified atom stereocenters. The van der Waals surface area contributed by atoms with E-state index in [9.17, 15) is 9.90 Å². The minimum atomic E-state index is -0.424. The van der Waals surface area contributed by atoms with Gasteiger partial charge in [-0.05, 0) is 18.6 Å². The summed E-state index contributed by atoms with van der Waals surface area (Å²) >= 11 is 0. The van der Waals surface area contributed by atoms with Crippen molar-refractivity contribution in [1.29, 1.82) is 5.41 Å². The first-order chi connectivity index (χ1) is 10.5. The Morgan fingerprint density at radius 3 is 2.59 bits per heavy atom. The molecule has 0 aromatic heterocycles. The smallest absolute Gasteiger partial charge is 0.217 e. The molecule has 0 heterocycles. The fourth-order valence-corrected chi connectivity index (χ4v) is 2.42. The van der Waals surface area contributed by atoms with Gasteiger partial charge >= 0.3 is 0 Å². The van der Waals surface area contributed by atoms with Crippen LogP contribution in [0.2, 0.25) is 0 Å². The van der Waals surface area contributed by atoms with E-state index in [1.165, 1.54) is 6.92 Å². The van der Waals surface area contributed by atoms with Gasteiger partial charge in [0.1, 0.15) is 5.75 Å². The van der Waals surface area contributed by atoms with Gasteiger partial charge in [0.2, 0.25) is 5.91 Å². The van der Waals surface area contributed by atoms with E-state index in [-0.39, 0.29) is 11.7 Å². The lowest BCUT2D eigenvalue weighted by atomic mass is 9.96. The number of rotatable bonds is 5. The first-order valence-electron chi connectivity index (χ1n) is 7.17. The van der Waals surface area contributed by atoms with Crippen LogP contribution in [0.25, 0.3) is 0 Å². The summed E-state index contributed by atoms with van der Waals surface area (Å²) in [4.78, 5) is 11.4. The minimum Gasteiger partial charge on any atom is -0.508 e. The maximum absolute atomic E-state index is 11.4. The van der Waals surface area contributed by atoms with Crippen LogP contribution in [-0.4, -0.2) is 16.7 Å². The SMILES string of the molecule is CC(=O)NC(CC(=N)c1cccc(C)c1)c1ccccc1O. The summed E-state index contributed by atoms with van der Waals surface area (Å²) < 4.78 is 0. The fraction of sp³-hybridized carbons (Fsp3) is 0.222. The van der Waals surface area contributed by atoms with Crippen LogP contribution < -0.4 is 5.32 Å². The van der Waals surface area contributed by atoms with Gasteiger partial charge in [-0.1, -0.05) is 48.0 Å². The van der Waals surface area contributed by atoms with Crippen molar-refractivity contribution in [2.75, 3.05) is 0 Å². The van der Waals surface area contributed by atoms with Crippen LogP contribution in [0.1, 0.15) is 36.1 Å². The number of aromatic hydroxyl groups is 1. The molecule has 0 saturated heterocycles. The third-order valence-corrected chi connectivity index (χ3v) is 3.46. The van der Waals surface area contributed by atoms with Gasteiger partial charge in [-0.3, -0.25) is 4.79 Å². The van der Waals surface area contributed by atoms with Crippen molar-refractivity contribution in [3.05, 3.63) is 65.2 Å². The molecule has 0 aliphatic carbocycles. The molecule has 3 N–H and O–H groups in total. The standard InChI is InChI=1S/C18H20N2O2/c1-12-6-5-7-14(10-12)16(19)11-17(20-13(2)21)15-8-3-4-9-18(15)22/h3-10,17,19,22H,11H2,1-2H3,(H,20,21). The van der Waals surface area contributed by atoms with E-state index in [2.05, 4.69) is 5.32 Å². The number of hydrogen-bond donors (Lipinski definition) is 3. The number of phenolic OH excluding ortho intramolecular Hbond substituents is 1. The monoisotopic (exact) mass is 296 g/mol.